The van der Waals surface area contributed by atoms with Crippen molar-refractivity contribution < 1.29 is 13.9 Å². The Morgan fingerprint density at radius 2 is 2.05 bits per heavy atom. The number of halogens is 2. The van der Waals surface area contributed by atoms with Crippen LogP contribution in [0, 0.1) is 12.7 Å². The van der Waals surface area contributed by atoms with Crippen LogP contribution in [0.3, 0.4) is 0 Å². The van der Waals surface area contributed by atoms with Crippen LogP contribution in [0.25, 0.3) is 0 Å². The molecule has 0 aliphatic carbocycles. The molecule has 0 aliphatic rings. The molecule has 3 nitrogen and oxygen atoms in total. The standard InChI is InChI=1S/C16H15BrFNO2/c1-10-7-13(18)5-6-15(10)19-9-12-4-3-11(8-14(12)17)16(20)21-2/h3-8,19H,9H2,1-2H3. The molecule has 0 radical (unpaired) electrons. The first kappa shape index (κ1) is 15.5. The van der Waals surface area contributed by atoms with Crippen LogP contribution in [0.2, 0.25) is 0 Å². The van der Waals surface area contributed by atoms with Gasteiger partial charge in [-0.15, -0.1) is 0 Å². The van der Waals surface area contributed by atoms with Crippen molar-refractivity contribution in [1.29, 1.82) is 0 Å². The van der Waals surface area contributed by atoms with Gasteiger partial charge in [-0.1, -0.05) is 22.0 Å². The van der Waals surface area contributed by atoms with Crippen LogP contribution >= 0.6 is 15.9 Å². The van der Waals surface area contributed by atoms with Gasteiger partial charge in [0.05, 0.1) is 12.7 Å². The second-order valence-corrected chi connectivity index (χ2v) is 5.46. The number of benzene rings is 2. The summed E-state index contributed by atoms with van der Waals surface area (Å²) in [4.78, 5) is 11.4. The molecule has 5 heteroatoms. The third-order valence-electron chi connectivity index (χ3n) is 3.13. The molecule has 0 bridgehead atoms. The number of ether oxygens (including phenoxy) is 1. The first-order valence-corrected chi connectivity index (χ1v) is 7.17. The van der Waals surface area contributed by atoms with E-state index in [0.717, 1.165) is 21.3 Å². The summed E-state index contributed by atoms with van der Waals surface area (Å²) < 4.78 is 18.5. The van der Waals surface area contributed by atoms with Crippen molar-refractivity contribution in [3.05, 3.63) is 63.4 Å². The maximum absolute atomic E-state index is 13.0. The van der Waals surface area contributed by atoms with Gasteiger partial charge in [0.1, 0.15) is 5.82 Å². The second-order valence-electron chi connectivity index (χ2n) is 4.61. The maximum atomic E-state index is 13.0. The molecule has 110 valence electrons. The molecule has 1 N–H and O–H groups in total. The van der Waals surface area contributed by atoms with Gasteiger partial charge in [0.15, 0.2) is 0 Å². The number of hydrogen-bond donors (Lipinski definition) is 1. The largest absolute Gasteiger partial charge is 0.465 e. The fraction of sp³-hybridized carbons (Fsp3) is 0.188. The molecule has 0 amide bonds. The van der Waals surface area contributed by atoms with Gasteiger partial charge in [0.2, 0.25) is 0 Å². The SMILES string of the molecule is COC(=O)c1ccc(CNc2ccc(F)cc2C)c(Br)c1. The van der Waals surface area contributed by atoms with Gasteiger partial charge < -0.3 is 10.1 Å². The van der Waals surface area contributed by atoms with Crippen molar-refractivity contribution in [2.75, 3.05) is 12.4 Å². The normalized spacial score (nSPS) is 10.3. The molecular formula is C16H15BrFNO2. The van der Waals surface area contributed by atoms with E-state index in [1.54, 1.807) is 18.2 Å². The van der Waals surface area contributed by atoms with Crippen molar-refractivity contribution in [3.63, 3.8) is 0 Å². The summed E-state index contributed by atoms with van der Waals surface area (Å²) in [6.07, 6.45) is 0. The number of anilines is 1. The number of hydrogen-bond acceptors (Lipinski definition) is 3. The van der Waals surface area contributed by atoms with Gasteiger partial charge in [0, 0.05) is 16.7 Å². The predicted molar refractivity (Wildman–Crippen MR) is 83.9 cm³/mol. The highest BCUT2D eigenvalue weighted by atomic mass is 79.9. The van der Waals surface area contributed by atoms with Gasteiger partial charge in [-0.2, -0.15) is 0 Å². The molecule has 0 aliphatic heterocycles. The summed E-state index contributed by atoms with van der Waals surface area (Å²) in [5.74, 6) is -0.619. The topological polar surface area (TPSA) is 38.3 Å². The van der Waals surface area contributed by atoms with Crippen LogP contribution < -0.4 is 5.32 Å². The first-order valence-electron chi connectivity index (χ1n) is 6.38. The zero-order valence-electron chi connectivity index (χ0n) is 11.7. The maximum Gasteiger partial charge on any atom is 0.337 e. The lowest BCUT2D eigenvalue weighted by Crippen LogP contribution is -2.05. The van der Waals surface area contributed by atoms with Crippen molar-refractivity contribution in [1.82, 2.24) is 0 Å². The molecular weight excluding hydrogens is 337 g/mol. The van der Waals surface area contributed by atoms with Crippen molar-refractivity contribution in [2.45, 2.75) is 13.5 Å². The van der Waals surface area contributed by atoms with Crippen LogP contribution in [0.15, 0.2) is 40.9 Å². The van der Waals surface area contributed by atoms with Gasteiger partial charge in [-0.05, 0) is 48.4 Å². The summed E-state index contributed by atoms with van der Waals surface area (Å²) in [7, 11) is 1.35. The lowest BCUT2D eigenvalue weighted by molar-refractivity contribution is 0.0600. The van der Waals surface area contributed by atoms with E-state index in [9.17, 15) is 9.18 Å². The number of carbonyl (C=O) groups excluding carboxylic acids is 1. The summed E-state index contributed by atoms with van der Waals surface area (Å²) in [6.45, 7) is 2.41. The van der Waals surface area contributed by atoms with Gasteiger partial charge >= 0.3 is 5.97 Å². The quantitative estimate of drug-likeness (QED) is 0.834. The molecule has 2 aromatic carbocycles. The van der Waals surface area contributed by atoms with Crippen LogP contribution in [0.1, 0.15) is 21.5 Å². The Balaban J connectivity index is 2.11. The third-order valence-corrected chi connectivity index (χ3v) is 3.87. The zero-order chi connectivity index (χ0) is 15.4. The van der Waals surface area contributed by atoms with E-state index in [1.165, 1.54) is 19.2 Å². The number of methoxy groups -OCH3 is 1. The van der Waals surface area contributed by atoms with Gasteiger partial charge in [0.25, 0.3) is 0 Å². The van der Waals surface area contributed by atoms with E-state index in [-0.39, 0.29) is 11.8 Å². The Labute approximate surface area is 131 Å². The Bertz CT molecular complexity index is 673. The number of esters is 1. The Morgan fingerprint density at radius 1 is 1.29 bits per heavy atom. The highest BCUT2D eigenvalue weighted by molar-refractivity contribution is 9.10. The summed E-state index contributed by atoms with van der Waals surface area (Å²) in [5.41, 5.74) is 3.20. The van der Waals surface area contributed by atoms with E-state index in [4.69, 9.17) is 0 Å². The lowest BCUT2D eigenvalue weighted by Gasteiger charge is -2.11. The number of nitrogens with one attached hydrogen (secondary N) is 1. The molecule has 0 atom stereocenters. The molecule has 0 heterocycles. The van der Waals surface area contributed by atoms with Crippen LogP contribution in [-0.4, -0.2) is 13.1 Å². The molecule has 2 aromatic rings. The molecule has 0 spiro atoms. The Kier molecular flexibility index (Phi) is 4.96. The monoisotopic (exact) mass is 351 g/mol. The molecule has 2 rings (SSSR count). The van der Waals surface area contributed by atoms with Gasteiger partial charge in [-0.3, -0.25) is 0 Å². The molecule has 0 saturated carbocycles. The van der Waals surface area contributed by atoms with Crippen molar-refractivity contribution in [3.8, 4) is 0 Å². The molecule has 0 fully saturated rings. The predicted octanol–water partition coefficient (Wildman–Crippen LogP) is 4.30. The summed E-state index contributed by atoms with van der Waals surface area (Å²) in [5, 5.41) is 3.25. The Morgan fingerprint density at radius 3 is 2.67 bits per heavy atom. The van der Waals surface area contributed by atoms with Crippen LogP contribution in [-0.2, 0) is 11.3 Å². The minimum absolute atomic E-state index is 0.248. The summed E-state index contributed by atoms with van der Waals surface area (Å²) >= 11 is 3.44. The first-order chi connectivity index (χ1) is 10.0. The van der Waals surface area contributed by atoms with E-state index in [0.29, 0.717) is 12.1 Å². The average molecular weight is 352 g/mol. The van der Waals surface area contributed by atoms with E-state index >= 15 is 0 Å². The van der Waals surface area contributed by atoms with E-state index in [1.807, 2.05) is 13.0 Å². The molecule has 0 aromatic heterocycles. The third kappa shape index (κ3) is 3.82. The lowest BCUT2D eigenvalue weighted by atomic mass is 10.1. The molecule has 0 saturated heterocycles. The van der Waals surface area contributed by atoms with Crippen molar-refractivity contribution >= 4 is 27.6 Å². The minimum atomic E-state index is -0.371. The molecule has 21 heavy (non-hydrogen) atoms. The smallest absolute Gasteiger partial charge is 0.337 e. The van der Waals surface area contributed by atoms with Crippen LogP contribution in [0.5, 0.6) is 0 Å². The van der Waals surface area contributed by atoms with Crippen LogP contribution in [0.4, 0.5) is 10.1 Å². The second kappa shape index (κ2) is 6.72. The fourth-order valence-electron chi connectivity index (χ4n) is 1.95. The number of carbonyl (C=O) groups is 1. The number of rotatable bonds is 4. The molecule has 0 unspecified atom stereocenters. The van der Waals surface area contributed by atoms with E-state index in [2.05, 4.69) is 26.0 Å². The zero-order valence-corrected chi connectivity index (χ0v) is 13.3. The van der Waals surface area contributed by atoms with Gasteiger partial charge in [-0.25, -0.2) is 9.18 Å². The van der Waals surface area contributed by atoms with Crippen molar-refractivity contribution in [2.24, 2.45) is 0 Å². The fourth-order valence-corrected chi connectivity index (χ4v) is 2.47. The number of aryl methyl sites for hydroxylation is 1. The minimum Gasteiger partial charge on any atom is -0.465 e. The average Bonchev–Trinajstić information content (AvgIpc) is 2.46. The highest BCUT2D eigenvalue weighted by Crippen LogP contribution is 2.22. The Hall–Kier alpha value is -1.88. The van der Waals surface area contributed by atoms with E-state index < -0.39 is 0 Å². The highest BCUT2D eigenvalue weighted by Gasteiger charge is 2.08. The summed E-state index contributed by atoms with van der Waals surface area (Å²) in [6, 6.07) is 9.90.